The minimum Gasteiger partial charge on any atom is -0.496 e. The molecule has 2 aromatic carbocycles. The van der Waals surface area contributed by atoms with E-state index in [9.17, 15) is 13.2 Å². The monoisotopic (exact) mass is 473 g/mol. The Morgan fingerprint density at radius 1 is 0.938 bits per heavy atom. The van der Waals surface area contributed by atoms with E-state index in [1.165, 1.54) is 34.5 Å². The van der Waals surface area contributed by atoms with Crippen molar-refractivity contribution < 1.29 is 66.8 Å². The van der Waals surface area contributed by atoms with Crippen molar-refractivity contribution in [2.75, 3.05) is 28.4 Å². The van der Waals surface area contributed by atoms with Crippen LogP contribution in [0.15, 0.2) is 35.7 Å². The molecule has 0 spiro atoms. The number of hydrogen-bond donors (Lipinski definition) is 1. The summed E-state index contributed by atoms with van der Waals surface area (Å²) < 4.78 is 46.5. The predicted molar refractivity (Wildman–Crippen MR) is 117 cm³/mol. The van der Waals surface area contributed by atoms with E-state index < -0.39 is 15.8 Å². The van der Waals surface area contributed by atoms with Crippen molar-refractivity contribution in [3.63, 3.8) is 0 Å². The summed E-state index contributed by atoms with van der Waals surface area (Å²) in [6.45, 7) is 0. The van der Waals surface area contributed by atoms with E-state index in [-0.39, 0.29) is 48.2 Å². The first-order valence-corrected chi connectivity index (χ1v) is 11.0. The summed E-state index contributed by atoms with van der Waals surface area (Å²) in [5.41, 5.74) is 1.63. The molecule has 10 heteroatoms. The third kappa shape index (κ3) is 7.74. The number of carbonyl (C=O) groups is 1. The number of hydrogen-bond acceptors (Lipinski definition) is 7. The van der Waals surface area contributed by atoms with Crippen LogP contribution in [0.4, 0.5) is 0 Å². The predicted octanol–water partition coefficient (Wildman–Crippen LogP) is 0.328. The molecule has 0 amide bonds. The van der Waals surface area contributed by atoms with E-state index in [1.807, 2.05) is 0 Å². The third-order valence-corrected chi connectivity index (χ3v) is 5.80. The second-order valence-corrected chi connectivity index (χ2v) is 8.48. The Morgan fingerprint density at radius 3 is 2.03 bits per heavy atom. The Labute approximate surface area is 210 Å². The Bertz CT molecular complexity index is 1040. The van der Waals surface area contributed by atoms with Gasteiger partial charge in [-0.2, -0.15) is 0 Å². The minimum atomic E-state index is -3.65. The van der Waals surface area contributed by atoms with E-state index in [0.29, 0.717) is 39.7 Å². The number of methoxy groups -OCH3 is 4. The van der Waals surface area contributed by atoms with Gasteiger partial charge in [-0.05, 0) is 29.7 Å². The van der Waals surface area contributed by atoms with E-state index in [2.05, 4.69) is 0 Å². The normalized spacial score (nSPS) is 11.0. The fourth-order valence-corrected chi connectivity index (χ4v) is 4.09. The van der Waals surface area contributed by atoms with Crippen molar-refractivity contribution in [2.24, 2.45) is 0 Å². The average Bonchev–Trinajstić information content (AvgIpc) is 2.75. The van der Waals surface area contributed by atoms with Crippen LogP contribution in [0.5, 0.6) is 23.0 Å². The number of ether oxygens (including phenoxy) is 4. The van der Waals surface area contributed by atoms with Gasteiger partial charge in [-0.3, -0.25) is 4.79 Å². The van der Waals surface area contributed by atoms with E-state index >= 15 is 0 Å². The fraction of sp³-hybridized carbons (Fsp3) is 0.318. The average molecular weight is 473 g/mol. The summed E-state index contributed by atoms with van der Waals surface area (Å²) in [6.07, 6.45) is 1.58. The van der Waals surface area contributed by atoms with Gasteiger partial charge in [0, 0.05) is 24.0 Å². The topological polar surface area (TPSA) is 108 Å². The molecule has 0 aliphatic carbocycles. The maximum Gasteiger partial charge on any atom is 1.00 e. The van der Waals surface area contributed by atoms with Gasteiger partial charge < -0.3 is 24.1 Å². The van der Waals surface area contributed by atoms with Crippen LogP contribution in [-0.4, -0.2) is 47.9 Å². The van der Waals surface area contributed by atoms with Gasteiger partial charge in [-0.15, -0.1) is 0 Å². The first-order chi connectivity index (χ1) is 14.7. The second kappa shape index (κ2) is 12.7. The van der Waals surface area contributed by atoms with Crippen molar-refractivity contribution in [1.29, 1.82) is 0 Å². The Balaban J connectivity index is 0.00000512. The number of sulfone groups is 1. The zero-order chi connectivity index (χ0) is 23.0. The summed E-state index contributed by atoms with van der Waals surface area (Å²) in [6, 6.07) is 8.20. The molecule has 0 heterocycles. The first-order valence-electron chi connectivity index (χ1n) is 9.31. The van der Waals surface area contributed by atoms with Crippen molar-refractivity contribution in [2.45, 2.75) is 18.6 Å². The quantitative estimate of drug-likeness (QED) is 0.465. The van der Waals surface area contributed by atoms with Gasteiger partial charge in [0.05, 0.1) is 39.8 Å². The van der Waals surface area contributed by atoms with Crippen LogP contribution in [0, 0.1) is 0 Å². The summed E-state index contributed by atoms with van der Waals surface area (Å²) in [7, 11) is 2.28. The van der Waals surface area contributed by atoms with Crippen LogP contribution >= 0.6 is 0 Å². The van der Waals surface area contributed by atoms with Gasteiger partial charge >= 0.3 is 35.5 Å². The van der Waals surface area contributed by atoms with E-state index in [1.54, 1.807) is 30.3 Å². The molecule has 0 fully saturated rings. The first kappa shape index (κ1) is 27.8. The van der Waals surface area contributed by atoms with E-state index in [0.717, 1.165) is 5.41 Å². The molecule has 0 aliphatic heterocycles. The van der Waals surface area contributed by atoms with Crippen LogP contribution in [0.1, 0.15) is 23.1 Å². The number of carboxylic acids is 1. The van der Waals surface area contributed by atoms with Crippen LogP contribution in [0.25, 0.3) is 6.08 Å². The number of aliphatic carboxylic acids is 1. The van der Waals surface area contributed by atoms with Gasteiger partial charge in [0.1, 0.15) is 23.0 Å². The van der Waals surface area contributed by atoms with Gasteiger partial charge in [0.15, 0.2) is 9.84 Å². The number of carboxylic acid groups (broad SMARTS) is 1. The van der Waals surface area contributed by atoms with Crippen LogP contribution in [0.2, 0.25) is 0 Å². The molecule has 1 N–H and O–H groups in total. The molecule has 0 atom stereocenters. The van der Waals surface area contributed by atoms with Crippen molar-refractivity contribution in [3.8, 4) is 23.0 Å². The second-order valence-electron chi connectivity index (χ2n) is 6.60. The molecule has 0 saturated heterocycles. The molecule has 0 aliphatic rings. The number of rotatable bonds is 11. The molecule has 2 rings (SSSR count). The van der Waals surface area contributed by atoms with Crippen molar-refractivity contribution >= 4 is 21.9 Å². The van der Waals surface area contributed by atoms with E-state index in [4.69, 9.17) is 24.1 Å². The smallest absolute Gasteiger partial charge is 0.496 e. The Hall–Kier alpha value is -2.20. The van der Waals surface area contributed by atoms with Gasteiger partial charge in [0.2, 0.25) is 0 Å². The standard InChI is InChI=1S/C22H26O8S.Na/c1-27-17-12-20(29-3)18(21(13-17)30-4)9-10-31(25,26)14-15-5-7-19(28-2)16(11-15)6-8-22(23)24;/h5,7,9-13H,6,8,14H2,1-4H3,(H,23,24);/q;+1/b10-9+;. The van der Waals surface area contributed by atoms with Crippen molar-refractivity contribution in [1.82, 2.24) is 0 Å². The molecule has 8 nitrogen and oxygen atoms in total. The molecule has 0 aromatic heterocycles. The molecule has 32 heavy (non-hydrogen) atoms. The zero-order valence-corrected chi connectivity index (χ0v) is 21.7. The number of aryl methyl sites for hydroxylation is 1. The van der Waals surface area contributed by atoms with Crippen molar-refractivity contribution in [3.05, 3.63) is 52.4 Å². The largest absolute Gasteiger partial charge is 1.00 e. The van der Waals surface area contributed by atoms with Crippen LogP contribution in [-0.2, 0) is 26.8 Å². The summed E-state index contributed by atoms with van der Waals surface area (Å²) >= 11 is 0. The fourth-order valence-electron chi connectivity index (χ4n) is 3.01. The Kier molecular flexibility index (Phi) is 11.1. The summed E-state index contributed by atoms with van der Waals surface area (Å²) in [5, 5.41) is 10.0. The molecule has 0 saturated carbocycles. The molecule has 0 unspecified atom stereocenters. The zero-order valence-electron chi connectivity index (χ0n) is 18.9. The molecule has 168 valence electrons. The molecule has 0 radical (unpaired) electrons. The summed E-state index contributed by atoms with van der Waals surface area (Å²) in [4.78, 5) is 10.9. The molecule has 0 bridgehead atoms. The van der Waals surface area contributed by atoms with Crippen LogP contribution in [0.3, 0.4) is 0 Å². The van der Waals surface area contributed by atoms with Gasteiger partial charge in [-0.25, -0.2) is 8.42 Å². The summed E-state index contributed by atoms with van der Waals surface area (Å²) in [5.74, 6) is 0.650. The maximum atomic E-state index is 12.7. The maximum absolute atomic E-state index is 12.7. The van der Waals surface area contributed by atoms with Gasteiger partial charge in [-0.1, -0.05) is 12.1 Å². The SMILES string of the molecule is COc1cc(OC)c(/C=C/S(=O)(=O)Cc2ccc(OC)c(CCC(=O)O)c2)c(OC)c1.[Na+]. The Morgan fingerprint density at radius 2 is 1.53 bits per heavy atom. The third-order valence-electron chi connectivity index (χ3n) is 4.52. The molecular weight excluding hydrogens is 447 g/mol. The molecule has 2 aromatic rings. The van der Waals surface area contributed by atoms with Gasteiger partial charge in [0.25, 0.3) is 0 Å². The van der Waals surface area contributed by atoms with Crippen LogP contribution < -0.4 is 48.5 Å². The minimum absolute atomic E-state index is 0. The molecular formula is C22H26NaO8S+. The number of benzene rings is 2.